The van der Waals surface area contributed by atoms with Crippen LogP contribution in [0, 0.1) is 0 Å². The lowest BCUT2D eigenvalue weighted by Gasteiger charge is -2.25. The quantitative estimate of drug-likeness (QED) is 0.610. The van der Waals surface area contributed by atoms with Gasteiger partial charge in [-0.25, -0.2) is 0 Å². The highest BCUT2D eigenvalue weighted by Crippen LogP contribution is 2.24. The molecule has 0 fully saturated rings. The monoisotopic (exact) mass is 213 g/mol. The number of fused-ring (bicyclic) bond motifs is 2. The van der Waals surface area contributed by atoms with E-state index in [0.29, 0.717) is 12.1 Å². The molecule has 2 rings (SSSR count). The molecule has 0 saturated carbocycles. The maximum absolute atomic E-state index is 3.58. The lowest BCUT2D eigenvalue weighted by molar-refractivity contribution is 0.464. The first-order chi connectivity index (χ1) is 5.34. The first-order valence-corrected chi connectivity index (χ1v) is 4.91. The topological polar surface area (TPSA) is 12.0 Å². The minimum absolute atomic E-state index is 0.571. The van der Waals surface area contributed by atoms with Gasteiger partial charge in [0.1, 0.15) is 0 Å². The van der Waals surface area contributed by atoms with Crippen LogP contribution in [0.4, 0.5) is 0 Å². The van der Waals surface area contributed by atoms with E-state index in [1.54, 1.807) is 0 Å². The second-order valence-electron chi connectivity index (χ2n) is 3.23. The predicted molar refractivity (Wildman–Crippen MR) is 50.7 cm³/mol. The maximum atomic E-state index is 3.58. The van der Waals surface area contributed by atoms with E-state index >= 15 is 0 Å². The minimum atomic E-state index is 0.571. The molecule has 11 heavy (non-hydrogen) atoms. The van der Waals surface area contributed by atoms with Crippen LogP contribution < -0.4 is 5.32 Å². The third-order valence-electron chi connectivity index (χ3n) is 2.25. The van der Waals surface area contributed by atoms with Gasteiger partial charge in [0.25, 0.3) is 0 Å². The Bertz CT molecular complexity index is 208. The molecule has 0 unspecified atom stereocenters. The minimum Gasteiger partial charge on any atom is -0.307 e. The fraction of sp³-hybridized carbons (Fsp3) is 0.556. The van der Waals surface area contributed by atoms with Crippen LogP contribution >= 0.6 is 15.9 Å². The highest BCUT2D eigenvalue weighted by atomic mass is 79.9. The molecule has 60 valence electrons. The molecule has 2 heteroatoms. The summed E-state index contributed by atoms with van der Waals surface area (Å²) in [5.74, 6) is 0. The molecule has 2 atom stereocenters. The molecular formula is C9H12BrN. The summed E-state index contributed by atoms with van der Waals surface area (Å²) in [6, 6.07) is 1.24. The van der Waals surface area contributed by atoms with Gasteiger partial charge < -0.3 is 5.32 Å². The molecule has 0 radical (unpaired) electrons. The van der Waals surface area contributed by atoms with E-state index in [1.807, 2.05) is 0 Å². The average molecular weight is 214 g/mol. The van der Waals surface area contributed by atoms with E-state index in [4.69, 9.17) is 0 Å². The van der Waals surface area contributed by atoms with Gasteiger partial charge in [-0.15, -0.1) is 0 Å². The molecule has 2 heterocycles. The molecule has 0 aromatic rings. The molecule has 0 saturated heterocycles. The van der Waals surface area contributed by atoms with E-state index < -0.39 is 0 Å². The summed E-state index contributed by atoms with van der Waals surface area (Å²) in [4.78, 5) is 0. The Morgan fingerprint density at radius 3 is 3.09 bits per heavy atom. The fourth-order valence-corrected chi connectivity index (χ4v) is 2.43. The predicted octanol–water partition coefficient (Wildman–Crippen LogP) is 2.35. The number of halogens is 1. The molecule has 1 N–H and O–H groups in total. The zero-order valence-electron chi connectivity index (χ0n) is 6.39. The van der Waals surface area contributed by atoms with Crippen LogP contribution in [0.25, 0.3) is 0 Å². The maximum Gasteiger partial charge on any atom is 0.0298 e. The van der Waals surface area contributed by atoms with Gasteiger partial charge in [-0.2, -0.15) is 0 Å². The van der Waals surface area contributed by atoms with Crippen molar-refractivity contribution in [3.63, 3.8) is 0 Å². The van der Waals surface area contributed by atoms with Crippen molar-refractivity contribution in [2.75, 3.05) is 0 Å². The van der Waals surface area contributed by atoms with Gasteiger partial charge in [0.15, 0.2) is 0 Å². The van der Waals surface area contributed by atoms with Gasteiger partial charge in [-0.05, 0) is 23.7 Å². The molecule has 0 aromatic heterocycles. The largest absolute Gasteiger partial charge is 0.307 e. The average Bonchev–Trinajstić information content (AvgIpc) is 2.11. The first kappa shape index (κ1) is 7.56. The van der Waals surface area contributed by atoms with Crippen molar-refractivity contribution in [2.45, 2.75) is 31.3 Å². The summed E-state index contributed by atoms with van der Waals surface area (Å²) >= 11 is 3.57. The molecule has 0 spiro atoms. The van der Waals surface area contributed by atoms with Crippen LogP contribution in [0.5, 0.6) is 0 Å². The number of rotatable bonds is 0. The fourth-order valence-electron chi connectivity index (χ4n) is 1.72. The molecule has 0 aromatic carbocycles. The van der Waals surface area contributed by atoms with Gasteiger partial charge in [0, 0.05) is 12.1 Å². The van der Waals surface area contributed by atoms with Gasteiger partial charge in [0.05, 0.1) is 0 Å². The Labute approximate surface area is 75.7 Å². The number of nitrogens with one attached hydrogen (secondary N) is 1. The third-order valence-corrected chi connectivity index (χ3v) is 2.84. The van der Waals surface area contributed by atoms with Crippen molar-refractivity contribution in [3.8, 4) is 0 Å². The van der Waals surface area contributed by atoms with Gasteiger partial charge in [-0.3, -0.25) is 0 Å². The Balaban J connectivity index is 2.17. The van der Waals surface area contributed by atoms with Crippen LogP contribution in [0.15, 0.2) is 22.7 Å². The summed E-state index contributed by atoms with van der Waals surface area (Å²) in [6.45, 7) is 0. The molecule has 2 aliphatic rings. The van der Waals surface area contributed by atoms with Gasteiger partial charge in [0.2, 0.25) is 0 Å². The van der Waals surface area contributed by atoms with E-state index in [0.717, 1.165) is 12.8 Å². The van der Waals surface area contributed by atoms with Crippen LogP contribution in [0.1, 0.15) is 19.3 Å². The molecule has 0 amide bonds. The molecule has 2 aliphatic heterocycles. The standard InChI is InChI=1S/C9H12BrN/c10-7-5-8-3-1-2-4-9(6-7)11-8/h1-2,5,8-9,11H,3-4,6H2/t8-,9+/m0/s1. The van der Waals surface area contributed by atoms with E-state index in [2.05, 4.69) is 39.5 Å². The van der Waals surface area contributed by atoms with Gasteiger partial charge >= 0.3 is 0 Å². The second kappa shape index (κ2) is 3.11. The smallest absolute Gasteiger partial charge is 0.0298 e. The first-order valence-electron chi connectivity index (χ1n) is 4.12. The third kappa shape index (κ3) is 1.74. The lowest BCUT2D eigenvalue weighted by Crippen LogP contribution is -2.38. The van der Waals surface area contributed by atoms with Crippen LogP contribution in [0.3, 0.4) is 0 Å². The van der Waals surface area contributed by atoms with Crippen molar-refractivity contribution < 1.29 is 0 Å². The SMILES string of the molecule is BrC1=C[C@@H]2CC=CC[C@H](C1)N2. The molecule has 2 bridgehead atoms. The molecule has 0 aliphatic carbocycles. The summed E-state index contributed by atoms with van der Waals surface area (Å²) in [7, 11) is 0. The van der Waals surface area contributed by atoms with E-state index in [1.165, 1.54) is 10.9 Å². The van der Waals surface area contributed by atoms with Crippen LogP contribution in [0.2, 0.25) is 0 Å². The number of hydrogen-bond donors (Lipinski definition) is 1. The van der Waals surface area contributed by atoms with Crippen molar-refractivity contribution in [1.29, 1.82) is 0 Å². The Hall–Kier alpha value is -0.0800. The second-order valence-corrected chi connectivity index (χ2v) is 4.25. The van der Waals surface area contributed by atoms with E-state index in [-0.39, 0.29) is 0 Å². The van der Waals surface area contributed by atoms with Crippen LogP contribution in [-0.4, -0.2) is 12.1 Å². The summed E-state index contributed by atoms with van der Waals surface area (Å²) in [5.41, 5.74) is 0. The van der Waals surface area contributed by atoms with Crippen molar-refractivity contribution in [2.24, 2.45) is 0 Å². The molecular weight excluding hydrogens is 202 g/mol. The van der Waals surface area contributed by atoms with Crippen LogP contribution in [-0.2, 0) is 0 Å². The van der Waals surface area contributed by atoms with E-state index in [9.17, 15) is 0 Å². The van der Waals surface area contributed by atoms with Gasteiger partial charge in [-0.1, -0.05) is 34.2 Å². The summed E-state index contributed by atoms with van der Waals surface area (Å²) < 4.78 is 1.37. The number of hydrogen-bond acceptors (Lipinski definition) is 1. The lowest BCUT2D eigenvalue weighted by atomic mass is 10.0. The highest BCUT2D eigenvalue weighted by Gasteiger charge is 2.20. The highest BCUT2D eigenvalue weighted by molar-refractivity contribution is 9.11. The van der Waals surface area contributed by atoms with Crippen molar-refractivity contribution in [1.82, 2.24) is 5.32 Å². The van der Waals surface area contributed by atoms with Crippen molar-refractivity contribution >= 4 is 15.9 Å². The molecule has 1 nitrogen and oxygen atoms in total. The Morgan fingerprint density at radius 2 is 2.18 bits per heavy atom. The normalized spacial score (nSPS) is 36.3. The summed E-state index contributed by atoms with van der Waals surface area (Å²) in [5, 5.41) is 3.58. The Kier molecular flexibility index (Phi) is 2.14. The van der Waals surface area contributed by atoms with Crippen molar-refractivity contribution in [3.05, 3.63) is 22.7 Å². The summed E-state index contributed by atoms with van der Waals surface area (Å²) in [6.07, 6.45) is 10.3. The zero-order valence-corrected chi connectivity index (χ0v) is 7.97. The Morgan fingerprint density at radius 1 is 1.36 bits per heavy atom. The zero-order chi connectivity index (χ0) is 7.68.